The van der Waals surface area contributed by atoms with Crippen LogP contribution in [0.5, 0.6) is 0 Å². The van der Waals surface area contributed by atoms with E-state index in [9.17, 15) is 13.2 Å². The Morgan fingerprint density at radius 3 is 2.52 bits per heavy atom. The first-order chi connectivity index (χ1) is 13.7. The molecule has 0 aliphatic rings. The number of fused-ring (bicyclic) bond motifs is 1. The summed E-state index contributed by atoms with van der Waals surface area (Å²) in [6.45, 7) is 3.37. The van der Waals surface area contributed by atoms with Crippen molar-refractivity contribution >= 4 is 44.6 Å². The number of halogens is 1. The Morgan fingerprint density at radius 1 is 1.10 bits per heavy atom. The van der Waals surface area contributed by atoms with Crippen LogP contribution in [0.2, 0.25) is 5.15 Å². The van der Waals surface area contributed by atoms with Gasteiger partial charge in [-0.3, -0.25) is 4.79 Å². The summed E-state index contributed by atoms with van der Waals surface area (Å²) in [4.78, 5) is 16.3. The number of pyridine rings is 1. The fourth-order valence-electron chi connectivity index (χ4n) is 2.54. The molecule has 7 nitrogen and oxygen atoms in total. The van der Waals surface area contributed by atoms with Gasteiger partial charge < -0.3 is 0 Å². The van der Waals surface area contributed by atoms with Gasteiger partial charge in [0, 0.05) is 10.9 Å². The highest BCUT2D eigenvalue weighted by molar-refractivity contribution is 7.89. The van der Waals surface area contributed by atoms with Crippen LogP contribution in [0.15, 0.2) is 58.5 Å². The number of hydrogen-bond acceptors (Lipinski definition) is 5. The number of hydrazone groups is 1. The summed E-state index contributed by atoms with van der Waals surface area (Å²) in [5.41, 5.74) is 5.57. The third-order valence-electron chi connectivity index (χ3n) is 4.10. The van der Waals surface area contributed by atoms with Crippen LogP contribution in [0.3, 0.4) is 0 Å². The number of aromatic nitrogens is 1. The van der Waals surface area contributed by atoms with E-state index in [-0.39, 0.29) is 10.0 Å². The van der Waals surface area contributed by atoms with E-state index in [1.54, 1.807) is 18.2 Å². The van der Waals surface area contributed by atoms with Gasteiger partial charge in [0.25, 0.3) is 5.91 Å². The molecule has 0 spiro atoms. The number of rotatable bonds is 6. The molecular formula is C20H19ClN4O3S. The molecule has 1 heterocycles. The molecule has 2 aromatic carbocycles. The fourth-order valence-corrected chi connectivity index (χ4v) is 3.71. The Kier molecular flexibility index (Phi) is 6.26. The molecule has 0 radical (unpaired) electrons. The van der Waals surface area contributed by atoms with E-state index in [4.69, 9.17) is 11.6 Å². The summed E-state index contributed by atoms with van der Waals surface area (Å²) < 4.78 is 26.6. The number of hydrogen-bond donors (Lipinski definition) is 2. The van der Waals surface area contributed by atoms with Crippen LogP contribution in [0.4, 0.5) is 0 Å². The van der Waals surface area contributed by atoms with Crippen molar-refractivity contribution in [3.8, 4) is 0 Å². The van der Waals surface area contributed by atoms with Crippen molar-refractivity contribution < 1.29 is 13.2 Å². The summed E-state index contributed by atoms with van der Waals surface area (Å²) in [5.74, 6) is -0.613. The van der Waals surface area contributed by atoms with Gasteiger partial charge in [0.2, 0.25) is 10.0 Å². The maximum absolute atomic E-state index is 12.2. The Labute approximate surface area is 173 Å². The van der Waals surface area contributed by atoms with Gasteiger partial charge in [0.05, 0.1) is 23.2 Å². The van der Waals surface area contributed by atoms with Crippen LogP contribution in [0.1, 0.15) is 16.7 Å². The molecule has 0 aliphatic carbocycles. The number of aryl methyl sites for hydroxylation is 2. The van der Waals surface area contributed by atoms with Gasteiger partial charge in [-0.15, -0.1) is 0 Å². The van der Waals surface area contributed by atoms with Gasteiger partial charge in [-0.05, 0) is 43.7 Å². The van der Waals surface area contributed by atoms with Crippen molar-refractivity contribution in [3.05, 3.63) is 70.4 Å². The lowest BCUT2D eigenvalue weighted by Gasteiger charge is -2.06. The molecule has 0 atom stereocenters. The van der Waals surface area contributed by atoms with E-state index >= 15 is 0 Å². The third-order valence-corrected chi connectivity index (χ3v) is 5.82. The highest BCUT2D eigenvalue weighted by atomic mass is 35.5. The lowest BCUT2D eigenvalue weighted by Crippen LogP contribution is -2.34. The highest BCUT2D eigenvalue weighted by Gasteiger charge is 2.15. The van der Waals surface area contributed by atoms with Crippen molar-refractivity contribution in [2.24, 2.45) is 5.10 Å². The fraction of sp³-hybridized carbons (Fsp3) is 0.150. The molecule has 0 bridgehead atoms. The topological polar surface area (TPSA) is 101 Å². The molecule has 0 unspecified atom stereocenters. The molecule has 3 rings (SSSR count). The molecule has 0 saturated heterocycles. The van der Waals surface area contributed by atoms with Crippen LogP contribution in [0.25, 0.3) is 10.9 Å². The van der Waals surface area contributed by atoms with E-state index in [2.05, 4.69) is 20.2 Å². The van der Waals surface area contributed by atoms with Gasteiger partial charge in [0.1, 0.15) is 5.15 Å². The number of carbonyl (C=O) groups is 1. The Morgan fingerprint density at radius 2 is 1.79 bits per heavy atom. The second-order valence-electron chi connectivity index (χ2n) is 6.50. The largest absolute Gasteiger partial charge is 0.272 e. The molecule has 0 aliphatic heterocycles. The van der Waals surface area contributed by atoms with Crippen LogP contribution in [-0.4, -0.2) is 32.1 Å². The lowest BCUT2D eigenvalue weighted by atomic mass is 10.1. The van der Waals surface area contributed by atoms with Gasteiger partial charge in [-0.25, -0.2) is 23.5 Å². The number of nitrogens with one attached hydrogen (secondary N) is 2. The normalized spacial score (nSPS) is 11.8. The standard InChI is InChI=1S/C20H19ClN4O3S/c1-13-4-7-17(8-5-13)29(27,28)23-12-19(26)25-22-11-16-10-15-6-3-14(2)9-18(15)24-20(16)21/h3-11,23H,12H2,1-2H3,(H,25,26)/b22-11-. The molecule has 0 fully saturated rings. The maximum atomic E-state index is 12.2. The molecular weight excluding hydrogens is 412 g/mol. The van der Waals surface area contributed by atoms with E-state index < -0.39 is 22.5 Å². The number of sulfonamides is 1. The predicted octanol–water partition coefficient (Wildman–Crippen LogP) is 2.93. The van der Waals surface area contributed by atoms with Crippen molar-refractivity contribution in [1.82, 2.24) is 15.1 Å². The van der Waals surface area contributed by atoms with Crippen molar-refractivity contribution in [1.29, 1.82) is 0 Å². The second kappa shape index (κ2) is 8.69. The zero-order chi connectivity index (χ0) is 21.0. The van der Waals surface area contributed by atoms with Crippen LogP contribution < -0.4 is 10.1 Å². The van der Waals surface area contributed by atoms with E-state index in [1.807, 2.05) is 32.0 Å². The minimum atomic E-state index is -3.78. The van der Waals surface area contributed by atoms with Gasteiger partial charge >= 0.3 is 0 Å². The summed E-state index contributed by atoms with van der Waals surface area (Å²) in [6, 6.07) is 13.9. The summed E-state index contributed by atoms with van der Waals surface area (Å²) in [6.07, 6.45) is 1.36. The van der Waals surface area contributed by atoms with E-state index in [0.717, 1.165) is 22.0 Å². The molecule has 9 heteroatoms. The molecule has 29 heavy (non-hydrogen) atoms. The molecule has 1 aromatic heterocycles. The monoisotopic (exact) mass is 430 g/mol. The van der Waals surface area contributed by atoms with Gasteiger partial charge in [-0.2, -0.15) is 5.10 Å². The number of nitrogens with zero attached hydrogens (tertiary/aromatic N) is 2. The first-order valence-electron chi connectivity index (χ1n) is 8.70. The quantitative estimate of drug-likeness (QED) is 0.356. The van der Waals surface area contributed by atoms with Gasteiger partial charge in [0.15, 0.2) is 0 Å². The first-order valence-corrected chi connectivity index (χ1v) is 10.6. The minimum Gasteiger partial charge on any atom is -0.272 e. The molecule has 0 saturated carbocycles. The highest BCUT2D eigenvalue weighted by Crippen LogP contribution is 2.20. The van der Waals surface area contributed by atoms with E-state index in [1.165, 1.54) is 18.3 Å². The SMILES string of the molecule is Cc1ccc(S(=O)(=O)NCC(=O)N/N=C\c2cc3ccc(C)cc3nc2Cl)cc1. The maximum Gasteiger partial charge on any atom is 0.255 e. The average Bonchev–Trinajstić information content (AvgIpc) is 2.67. The molecule has 1 amide bonds. The summed E-state index contributed by atoms with van der Waals surface area (Å²) >= 11 is 6.16. The Balaban J connectivity index is 1.61. The van der Waals surface area contributed by atoms with Crippen LogP contribution in [-0.2, 0) is 14.8 Å². The summed E-state index contributed by atoms with van der Waals surface area (Å²) in [7, 11) is -3.78. The zero-order valence-electron chi connectivity index (χ0n) is 15.8. The number of carbonyl (C=O) groups excluding carboxylic acids is 1. The van der Waals surface area contributed by atoms with Crippen molar-refractivity contribution in [2.45, 2.75) is 18.7 Å². The molecule has 2 N–H and O–H groups in total. The van der Waals surface area contributed by atoms with Crippen LogP contribution >= 0.6 is 11.6 Å². The molecule has 150 valence electrons. The predicted molar refractivity (Wildman–Crippen MR) is 114 cm³/mol. The first kappa shape index (κ1) is 20.9. The Hall–Kier alpha value is -2.81. The lowest BCUT2D eigenvalue weighted by molar-refractivity contribution is -0.119. The van der Waals surface area contributed by atoms with Crippen molar-refractivity contribution in [3.63, 3.8) is 0 Å². The minimum absolute atomic E-state index is 0.0867. The summed E-state index contributed by atoms with van der Waals surface area (Å²) in [5, 5.41) is 4.97. The number of amides is 1. The second-order valence-corrected chi connectivity index (χ2v) is 8.62. The molecule has 3 aromatic rings. The average molecular weight is 431 g/mol. The third kappa shape index (κ3) is 5.38. The zero-order valence-corrected chi connectivity index (χ0v) is 17.4. The smallest absolute Gasteiger partial charge is 0.255 e. The van der Waals surface area contributed by atoms with E-state index in [0.29, 0.717) is 5.56 Å². The number of benzene rings is 2. The van der Waals surface area contributed by atoms with Crippen molar-refractivity contribution in [2.75, 3.05) is 6.54 Å². The van der Waals surface area contributed by atoms with Crippen LogP contribution in [0, 0.1) is 13.8 Å². The Bertz CT molecular complexity index is 1190. The van der Waals surface area contributed by atoms with Gasteiger partial charge in [-0.1, -0.05) is 41.4 Å².